The summed E-state index contributed by atoms with van der Waals surface area (Å²) < 4.78 is 1.38. The van der Waals surface area contributed by atoms with Crippen LogP contribution in [0.1, 0.15) is 26.3 Å². The van der Waals surface area contributed by atoms with Gasteiger partial charge in [0, 0.05) is 22.6 Å². The molecule has 2 aliphatic heterocycles. The van der Waals surface area contributed by atoms with Crippen LogP contribution in [-0.4, -0.2) is 33.6 Å². The summed E-state index contributed by atoms with van der Waals surface area (Å²) >= 11 is 9.99. The van der Waals surface area contributed by atoms with Crippen LogP contribution in [0.15, 0.2) is 27.6 Å². The number of nitrogens with zero attached hydrogens (tertiary/aromatic N) is 2. The van der Waals surface area contributed by atoms with Crippen LogP contribution in [-0.2, 0) is 9.59 Å². The number of hydrogen-bond acceptors (Lipinski definition) is 4. The van der Waals surface area contributed by atoms with E-state index < -0.39 is 0 Å². The fourth-order valence-corrected chi connectivity index (χ4v) is 4.77. The molecule has 0 N–H and O–H groups in total. The Bertz CT molecular complexity index is 773. The van der Waals surface area contributed by atoms with Crippen molar-refractivity contribution in [2.45, 2.75) is 26.8 Å². The highest BCUT2D eigenvalue weighted by Gasteiger charge is 2.42. The van der Waals surface area contributed by atoms with Crippen LogP contribution in [0.5, 0.6) is 0 Å². The molecule has 1 aromatic carbocycles. The van der Waals surface area contributed by atoms with Gasteiger partial charge in [0.1, 0.15) is 4.32 Å². The Morgan fingerprint density at radius 3 is 2.52 bits per heavy atom. The van der Waals surface area contributed by atoms with E-state index in [0.29, 0.717) is 21.3 Å². The van der Waals surface area contributed by atoms with E-state index >= 15 is 0 Å². The third-order valence-electron chi connectivity index (χ3n) is 3.84. The van der Waals surface area contributed by atoms with Gasteiger partial charge in [0.25, 0.3) is 11.8 Å². The summed E-state index contributed by atoms with van der Waals surface area (Å²) in [5.74, 6) is -0.313. The molecule has 1 aromatic rings. The number of rotatable bonds is 2. The molecule has 2 amide bonds. The molecule has 0 aliphatic carbocycles. The minimum absolute atomic E-state index is 0.0265. The molecule has 23 heavy (non-hydrogen) atoms. The molecule has 120 valence electrons. The summed E-state index contributed by atoms with van der Waals surface area (Å²) in [6, 6.07) is 5.66. The van der Waals surface area contributed by atoms with Crippen molar-refractivity contribution in [3.05, 3.63) is 33.1 Å². The lowest BCUT2D eigenvalue weighted by atomic mass is 10.1. The quantitative estimate of drug-likeness (QED) is 0.549. The van der Waals surface area contributed by atoms with Crippen LogP contribution in [0.3, 0.4) is 0 Å². The number of carbonyl (C=O) groups excluding carboxylic acids is 2. The first-order chi connectivity index (χ1) is 10.9. The van der Waals surface area contributed by atoms with E-state index in [1.54, 1.807) is 9.80 Å². The van der Waals surface area contributed by atoms with Crippen LogP contribution in [0, 0.1) is 0 Å². The minimum Gasteiger partial charge on any atom is -0.308 e. The molecule has 0 atom stereocenters. The highest BCUT2D eigenvalue weighted by molar-refractivity contribution is 9.10. The number of amides is 2. The van der Waals surface area contributed by atoms with Crippen molar-refractivity contribution in [2.24, 2.45) is 0 Å². The Balaban J connectivity index is 2.21. The molecule has 0 unspecified atom stereocenters. The molecule has 7 heteroatoms. The lowest BCUT2D eigenvalue weighted by molar-refractivity contribution is -0.123. The molecule has 0 radical (unpaired) electrons. The maximum Gasteiger partial charge on any atom is 0.267 e. The first-order valence-corrected chi connectivity index (χ1v) is 9.30. The highest BCUT2D eigenvalue weighted by atomic mass is 79.9. The molecule has 4 nitrogen and oxygen atoms in total. The van der Waals surface area contributed by atoms with E-state index in [2.05, 4.69) is 15.9 Å². The average molecular weight is 411 g/mol. The van der Waals surface area contributed by atoms with Gasteiger partial charge in [-0.25, -0.2) is 0 Å². The van der Waals surface area contributed by atoms with Crippen LogP contribution >= 0.6 is 39.9 Å². The van der Waals surface area contributed by atoms with Gasteiger partial charge in [0.05, 0.1) is 16.2 Å². The monoisotopic (exact) mass is 410 g/mol. The van der Waals surface area contributed by atoms with E-state index in [9.17, 15) is 9.59 Å². The number of thioether (sulfide) groups is 1. The van der Waals surface area contributed by atoms with Gasteiger partial charge in [-0.1, -0.05) is 39.9 Å². The summed E-state index contributed by atoms with van der Waals surface area (Å²) in [6.45, 7) is 6.31. The SMILES string of the molecule is CCN1C(=O)C(=C2SC(=S)N(C(C)C)C2=O)c2cc(Br)ccc21. The van der Waals surface area contributed by atoms with Crippen LogP contribution in [0.2, 0.25) is 0 Å². The number of likely N-dealkylation sites (N-methyl/N-ethyl adjacent to an activating group) is 1. The van der Waals surface area contributed by atoms with Gasteiger partial charge in [-0.15, -0.1) is 0 Å². The van der Waals surface area contributed by atoms with Crippen LogP contribution in [0.25, 0.3) is 5.57 Å². The second-order valence-corrected chi connectivity index (χ2v) is 8.11. The molecule has 1 fully saturated rings. The summed E-state index contributed by atoms with van der Waals surface area (Å²) in [4.78, 5) is 29.3. The minimum atomic E-state index is -0.178. The number of anilines is 1. The predicted molar refractivity (Wildman–Crippen MR) is 101 cm³/mol. The topological polar surface area (TPSA) is 40.6 Å². The van der Waals surface area contributed by atoms with Crippen molar-refractivity contribution in [2.75, 3.05) is 11.4 Å². The molecule has 3 rings (SSSR count). The molecule has 2 aliphatic rings. The standard InChI is InChI=1S/C16H15BrN2O2S2/c1-4-18-11-6-5-9(17)7-10(11)12(14(18)20)13-15(21)19(8(2)3)16(22)23-13/h5-8H,4H2,1-3H3. The zero-order valence-electron chi connectivity index (χ0n) is 12.9. The van der Waals surface area contributed by atoms with E-state index in [1.165, 1.54) is 11.8 Å². The highest BCUT2D eigenvalue weighted by Crippen LogP contribution is 2.45. The second kappa shape index (κ2) is 6.03. The number of hydrogen-bond donors (Lipinski definition) is 0. The second-order valence-electron chi connectivity index (χ2n) is 5.55. The molecule has 0 saturated carbocycles. The Labute approximate surface area is 153 Å². The summed E-state index contributed by atoms with van der Waals surface area (Å²) in [5, 5.41) is 0. The number of benzene rings is 1. The number of halogens is 1. The van der Waals surface area contributed by atoms with Crippen molar-refractivity contribution in [1.82, 2.24) is 4.90 Å². The van der Waals surface area contributed by atoms with Crippen molar-refractivity contribution in [3.63, 3.8) is 0 Å². The van der Waals surface area contributed by atoms with Gasteiger partial charge in [0.2, 0.25) is 0 Å². The molecule has 0 spiro atoms. The third-order valence-corrected chi connectivity index (χ3v) is 5.73. The Morgan fingerprint density at radius 2 is 1.96 bits per heavy atom. The Kier molecular flexibility index (Phi) is 4.37. The lowest BCUT2D eigenvalue weighted by Crippen LogP contribution is -2.35. The van der Waals surface area contributed by atoms with Crippen LogP contribution in [0.4, 0.5) is 5.69 Å². The first-order valence-electron chi connectivity index (χ1n) is 7.28. The maximum absolute atomic E-state index is 12.8. The molecule has 0 aromatic heterocycles. The zero-order valence-corrected chi connectivity index (χ0v) is 16.1. The number of carbonyl (C=O) groups is 2. The molecular weight excluding hydrogens is 396 g/mol. The smallest absolute Gasteiger partial charge is 0.267 e. The van der Waals surface area contributed by atoms with E-state index in [1.807, 2.05) is 39.0 Å². The van der Waals surface area contributed by atoms with E-state index in [-0.39, 0.29) is 17.9 Å². The normalized spacial score (nSPS) is 21.0. The van der Waals surface area contributed by atoms with Crippen molar-refractivity contribution in [3.8, 4) is 0 Å². The summed E-state index contributed by atoms with van der Waals surface area (Å²) in [5.41, 5.74) is 2.09. The van der Waals surface area contributed by atoms with E-state index in [4.69, 9.17) is 12.2 Å². The molecular formula is C16H15BrN2O2S2. The number of fused-ring (bicyclic) bond motifs is 1. The molecule has 0 bridgehead atoms. The maximum atomic E-state index is 12.8. The Hall–Kier alpha value is -1.18. The fourth-order valence-electron chi connectivity index (χ4n) is 2.81. The van der Waals surface area contributed by atoms with Crippen molar-refractivity contribution in [1.29, 1.82) is 0 Å². The predicted octanol–water partition coefficient (Wildman–Crippen LogP) is 3.80. The zero-order chi connectivity index (χ0) is 16.9. The molecule has 2 heterocycles. The average Bonchev–Trinajstić information content (AvgIpc) is 2.91. The van der Waals surface area contributed by atoms with Gasteiger partial charge in [-0.05, 0) is 39.0 Å². The van der Waals surface area contributed by atoms with Crippen LogP contribution < -0.4 is 4.90 Å². The van der Waals surface area contributed by atoms with Gasteiger partial charge < -0.3 is 4.90 Å². The van der Waals surface area contributed by atoms with E-state index in [0.717, 1.165) is 15.7 Å². The first kappa shape index (κ1) is 16.7. The molecule has 1 saturated heterocycles. The summed E-state index contributed by atoms with van der Waals surface area (Å²) in [6.07, 6.45) is 0. The van der Waals surface area contributed by atoms with Gasteiger partial charge in [0.15, 0.2) is 0 Å². The van der Waals surface area contributed by atoms with Crippen molar-refractivity contribution >= 4 is 67.3 Å². The lowest BCUT2D eigenvalue weighted by Gasteiger charge is -2.18. The van der Waals surface area contributed by atoms with Gasteiger partial charge in [-0.2, -0.15) is 0 Å². The largest absolute Gasteiger partial charge is 0.308 e. The van der Waals surface area contributed by atoms with Gasteiger partial charge in [-0.3, -0.25) is 14.5 Å². The summed E-state index contributed by atoms with van der Waals surface area (Å²) in [7, 11) is 0. The van der Waals surface area contributed by atoms with Crippen molar-refractivity contribution < 1.29 is 9.59 Å². The van der Waals surface area contributed by atoms with Gasteiger partial charge >= 0.3 is 0 Å². The third kappa shape index (κ3) is 2.55. The fraction of sp³-hybridized carbons (Fsp3) is 0.312. The Morgan fingerprint density at radius 1 is 1.26 bits per heavy atom. The number of thiocarbonyl (C=S) groups is 1.